The summed E-state index contributed by atoms with van der Waals surface area (Å²) < 4.78 is 38.5. The van der Waals surface area contributed by atoms with Gasteiger partial charge in [-0.05, 0) is 42.5 Å². The summed E-state index contributed by atoms with van der Waals surface area (Å²) in [4.78, 5) is 27.6. The van der Waals surface area contributed by atoms with Gasteiger partial charge in [0.25, 0.3) is 0 Å². The third-order valence-corrected chi connectivity index (χ3v) is 8.96. The summed E-state index contributed by atoms with van der Waals surface area (Å²) in [5.74, 6) is -2.49. The van der Waals surface area contributed by atoms with E-state index in [0.29, 0.717) is 24.6 Å². The number of esters is 2. The van der Waals surface area contributed by atoms with Crippen molar-refractivity contribution in [1.82, 2.24) is 4.31 Å². The van der Waals surface area contributed by atoms with Gasteiger partial charge in [-0.2, -0.15) is 9.57 Å². The molecule has 2 aliphatic heterocycles. The molecule has 0 bridgehead atoms. The molecule has 4 rings (SSSR count). The number of allylic oxidation sites excluding steroid dienone is 1. The lowest BCUT2D eigenvalue weighted by atomic mass is 9.81. The largest absolute Gasteiger partial charge is 0.466 e. The van der Waals surface area contributed by atoms with E-state index in [9.17, 15) is 23.3 Å². The van der Waals surface area contributed by atoms with Crippen molar-refractivity contribution in [3.63, 3.8) is 0 Å². The quantitative estimate of drug-likeness (QED) is 0.537. The minimum absolute atomic E-state index is 0.00474. The zero-order chi connectivity index (χ0) is 28.3. The zero-order valence-corrected chi connectivity index (χ0v) is 22.8. The molecular formula is C28H30N4O6S. The van der Waals surface area contributed by atoms with Crippen molar-refractivity contribution >= 4 is 27.6 Å². The molecule has 11 heteroatoms. The fourth-order valence-electron chi connectivity index (χ4n) is 4.94. The lowest BCUT2D eigenvalue weighted by Crippen LogP contribution is -2.41. The van der Waals surface area contributed by atoms with Crippen LogP contribution in [-0.4, -0.2) is 52.0 Å². The van der Waals surface area contributed by atoms with Gasteiger partial charge >= 0.3 is 11.9 Å². The molecule has 0 spiro atoms. The number of nitrogens with zero attached hydrogens (tertiary/aromatic N) is 3. The van der Waals surface area contributed by atoms with E-state index in [4.69, 9.17) is 15.2 Å². The van der Waals surface area contributed by atoms with Crippen molar-refractivity contribution in [2.45, 2.75) is 30.6 Å². The minimum atomic E-state index is -3.85. The Labute approximate surface area is 227 Å². The Morgan fingerprint density at radius 3 is 2.23 bits per heavy atom. The van der Waals surface area contributed by atoms with E-state index in [1.54, 1.807) is 36.4 Å². The number of carbonyl (C=O) groups is 2. The van der Waals surface area contributed by atoms with Gasteiger partial charge in [0.15, 0.2) is 0 Å². The average Bonchev–Trinajstić information content (AvgIpc) is 2.96. The molecule has 0 radical (unpaired) electrons. The molecule has 0 aliphatic carbocycles. The van der Waals surface area contributed by atoms with Crippen molar-refractivity contribution in [3.8, 4) is 6.07 Å². The summed E-state index contributed by atoms with van der Waals surface area (Å²) >= 11 is 0. The van der Waals surface area contributed by atoms with E-state index in [1.807, 2.05) is 0 Å². The Hall–Kier alpha value is -4.14. The molecule has 0 aromatic heterocycles. The number of piperidine rings is 1. The van der Waals surface area contributed by atoms with E-state index in [1.165, 1.54) is 27.4 Å². The van der Waals surface area contributed by atoms with Gasteiger partial charge in [-0.1, -0.05) is 43.3 Å². The maximum atomic E-state index is 13.5. The number of hydrogen-bond donors (Lipinski definition) is 1. The van der Waals surface area contributed by atoms with Crippen LogP contribution in [0.25, 0.3) is 0 Å². The number of anilines is 1. The lowest BCUT2D eigenvalue weighted by molar-refractivity contribution is -0.139. The number of nitriles is 1. The second-order valence-corrected chi connectivity index (χ2v) is 11.4. The Balaban J connectivity index is 1.94. The lowest BCUT2D eigenvalue weighted by Gasteiger charge is -2.36. The number of hydrogen-bond acceptors (Lipinski definition) is 9. The van der Waals surface area contributed by atoms with Crippen molar-refractivity contribution in [1.29, 1.82) is 5.26 Å². The van der Waals surface area contributed by atoms with Crippen LogP contribution in [0.15, 0.2) is 82.2 Å². The summed E-state index contributed by atoms with van der Waals surface area (Å²) in [6.07, 6.45) is 1.51. The molecular weight excluding hydrogens is 520 g/mol. The predicted molar refractivity (Wildman–Crippen MR) is 143 cm³/mol. The average molecular weight is 551 g/mol. The SMILES string of the molecule is COC(=O)C1=C(C(=O)OC)N(c2cccc(S(=O)(=O)N3CCC(C)CC3)c2)C(N)=C(C#N)C1c1ccccc1. The Morgan fingerprint density at radius 1 is 1.00 bits per heavy atom. The van der Waals surface area contributed by atoms with Gasteiger partial charge in [0.1, 0.15) is 11.5 Å². The number of sulfonamides is 1. The first-order valence-electron chi connectivity index (χ1n) is 12.4. The molecule has 0 saturated carbocycles. The van der Waals surface area contributed by atoms with Crippen LogP contribution in [0.1, 0.15) is 31.2 Å². The number of nitrogens with two attached hydrogens (primary N) is 1. The standard InChI is InChI=1S/C28H30N4O6S/c1-18-12-14-31(15-13-18)39(35,36)21-11-7-10-20(16-21)32-25(28(34)38-3)24(27(33)37-2)23(22(17-29)26(32)30)19-8-5-4-6-9-19/h4-11,16,18,23H,12-15,30H2,1-3H3. The van der Waals surface area contributed by atoms with Gasteiger partial charge < -0.3 is 15.2 Å². The van der Waals surface area contributed by atoms with Crippen LogP contribution < -0.4 is 10.6 Å². The van der Waals surface area contributed by atoms with E-state index < -0.39 is 27.9 Å². The van der Waals surface area contributed by atoms with Gasteiger partial charge in [-0.25, -0.2) is 18.0 Å². The van der Waals surface area contributed by atoms with Crippen LogP contribution in [0.3, 0.4) is 0 Å². The minimum Gasteiger partial charge on any atom is -0.466 e. The van der Waals surface area contributed by atoms with Crippen LogP contribution in [0.2, 0.25) is 0 Å². The molecule has 1 fully saturated rings. The molecule has 1 atom stereocenters. The van der Waals surface area contributed by atoms with Crippen molar-refractivity contribution in [2.24, 2.45) is 11.7 Å². The van der Waals surface area contributed by atoms with Gasteiger partial charge in [-0.15, -0.1) is 0 Å². The van der Waals surface area contributed by atoms with Gasteiger partial charge in [0.2, 0.25) is 10.0 Å². The second kappa shape index (κ2) is 11.3. The molecule has 204 valence electrons. The number of benzene rings is 2. The maximum absolute atomic E-state index is 13.5. The van der Waals surface area contributed by atoms with E-state index in [2.05, 4.69) is 13.0 Å². The van der Waals surface area contributed by atoms with Crippen molar-refractivity contribution in [3.05, 3.63) is 82.8 Å². The maximum Gasteiger partial charge on any atom is 0.355 e. The number of rotatable bonds is 6. The highest BCUT2D eigenvalue weighted by atomic mass is 32.2. The monoisotopic (exact) mass is 550 g/mol. The third kappa shape index (κ3) is 5.13. The van der Waals surface area contributed by atoms with E-state index in [0.717, 1.165) is 27.1 Å². The molecule has 2 aromatic carbocycles. The fraction of sp³-hybridized carbons (Fsp3) is 0.321. The molecule has 39 heavy (non-hydrogen) atoms. The highest BCUT2D eigenvalue weighted by molar-refractivity contribution is 7.89. The van der Waals surface area contributed by atoms with Gasteiger partial charge in [0, 0.05) is 18.8 Å². The summed E-state index contributed by atoms with van der Waals surface area (Å²) in [6, 6.07) is 16.6. The number of ether oxygens (including phenoxy) is 2. The first-order valence-corrected chi connectivity index (χ1v) is 13.9. The molecule has 2 heterocycles. The molecule has 0 amide bonds. The van der Waals surface area contributed by atoms with Crippen LogP contribution >= 0.6 is 0 Å². The molecule has 1 unspecified atom stereocenters. The van der Waals surface area contributed by atoms with Gasteiger partial charge in [0.05, 0.1) is 42.2 Å². The van der Waals surface area contributed by atoms with Crippen LogP contribution in [0, 0.1) is 17.2 Å². The molecule has 2 N–H and O–H groups in total. The third-order valence-electron chi connectivity index (χ3n) is 7.07. The summed E-state index contributed by atoms with van der Waals surface area (Å²) in [5.41, 5.74) is 6.80. The molecule has 2 aromatic rings. The van der Waals surface area contributed by atoms with Gasteiger partial charge in [-0.3, -0.25) is 4.90 Å². The highest BCUT2D eigenvalue weighted by Crippen LogP contribution is 2.43. The second-order valence-electron chi connectivity index (χ2n) is 9.42. The van der Waals surface area contributed by atoms with Crippen LogP contribution in [-0.2, 0) is 29.1 Å². The van der Waals surface area contributed by atoms with Crippen LogP contribution in [0.4, 0.5) is 5.69 Å². The highest BCUT2D eigenvalue weighted by Gasteiger charge is 2.43. The van der Waals surface area contributed by atoms with E-state index in [-0.39, 0.29) is 33.2 Å². The summed E-state index contributed by atoms with van der Waals surface area (Å²) in [6.45, 7) is 2.89. The first kappa shape index (κ1) is 27.9. The Morgan fingerprint density at radius 2 is 1.64 bits per heavy atom. The normalized spacial score (nSPS) is 19.0. The topological polar surface area (TPSA) is 143 Å². The van der Waals surface area contributed by atoms with Crippen molar-refractivity contribution < 1.29 is 27.5 Å². The molecule has 10 nitrogen and oxygen atoms in total. The van der Waals surface area contributed by atoms with Crippen molar-refractivity contribution in [2.75, 3.05) is 32.2 Å². The fourth-order valence-corrected chi connectivity index (χ4v) is 6.45. The predicted octanol–water partition coefficient (Wildman–Crippen LogP) is 3.00. The first-order chi connectivity index (χ1) is 18.6. The smallest absolute Gasteiger partial charge is 0.355 e. The summed E-state index contributed by atoms with van der Waals surface area (Å²) in [7, 11) is -1.54. The Bertz CT molecular complexity index is 1490. The molecule has 2 aliphatic rings. The molecule has 1 saturated heterocycles. The van der Waals surface area contributed by atoms with Crippen LogP contribution in [0.5, 0.6) is 0 Å². The van der Waals surface area contributed by atoms with E-state index >= 15 is 0 Å². The Kier molecular flexibility index (Phi) is 8.09. The number of carbonyl (C=O) groups excluding carboxylic acids is 2. The number of methoxy groups -OCH3 is 2. The summed E-state index contributed by atoms with van der Waals surface area (Å²) in [5, 5.41) is 10.2. The zero-order valence-electron chi connectivity index (χ0n) is 22.0.